The first-order chi connectivity index (χ1) is 7.27. The molecule has 0 unspecified atom stereocenters. The number of allylic oxidation sites excluding steroid dienone is 4. The molecular formula is C14H16S. The third kappa shape index (κ3) is 2.54. The Morgan fingerprint density at radius 3 is 2.87 bits per heavy atom. The van der Waals surface area contributed by atoms with Gasteiger partial charge in [-0.25, -0.2) is 0 Å². The molecule has 0 aliphatic heterocycles. The maximum atomic E-state index is 4.35. The summed E-state index contributed by atoms with van der Waals surface area (Å²) in [7, 11) is 0. The van der Waals surface area contributed by atoms with Crippen molar-refractivity contribution in [2.75, 3.05) is 0 Å². The van der Waals surface area contributed by atoms with Crippen molar-refractivity contribution in [1.29, 1.82) is 0 Å². The third-order valence-electron chi connectivity index (χ3n) is 2.76. The molecular weight excluding hydrogens is 200 g/mol. The van der Waals surface area contributed by atoms with Gasteiger partial charge in [-0.3, -0.25) is 0 Å². The summed E-state index contributed by atoms with van der Waals surface area (Å²) in [5.74, 6) is 0. The second kappa shape index (κ2) is 4.71. The van der Waals surface area contributed by atoms with Crippen LogP contribution < -0.4 is 0 Å². The molecule has 0 atom stereocenters. The zero-order chi connectivity index (χ0) is 10.7. The molecule has 0 aromatic heterocycles. The highest BCUT2D eigenvalue weighted by Gasteiger charge is 2.03. The van der Waals surface area contributed by atoms with Gasteiger partial charge in [0, 0.05) is 4.90 Å². The van der Waals surface area contributed by atoms with Crippen molar-refractivity contribution in [3.8, 4) is 0 Å². The quantitative estimate of drug-likeness (QED) is 0.661. The first-order valence-corrected chi connectivity index (χ1v) is 5.89. The molecule has 0 N–H and O–H groups in total. The van der Waals surface area contributed by atoms with Crippen molar-refractivity contribution in [1.82, 2.24) is 0 Å². The lowest BCUT2D eigenvalue weighted by Gasteiger charge is -2.07. The summed E-state index contributed by atoms with van der Waals surface area (Å²) in [6.45, 7) is 2.15. The average molecular weight is 216 g/mol. The van der Waals surface area contributed by atoms with E-state index in [0.29, 0.717) is 0 Å². The fourth-order valence-electron chi connectivity index (χ4n) is 1.94. The summed E-state index contributed by atoms with van der Waals surface area (Å²) < 4.78 is 0. The molecule has 1 heteroatoms. The van der Waals surface area contributed by atoms with Crippen molar-refractivity contribution in [2.45, 2.75) is 31.1 Å². The van der Waals surface area contributed by atoms with Crippen molar-refractivity contribution in [2.24, 2.45) is 0 Å². The van der Waals surface area contributed by atoms with E-state index in [2.05, 4.69) is 56.0 Å². The van der Waals surface area contributed by atoms with Gasteiger partial charge in [-0.15, -0.1) is 12.6 Å². The number of thiol groups is 1. The Bertz CT molecular complexity index is 413. The van der Waals surface area contributed by atoms with Crippen LogP contribution in [0.3, 0.4) is 0 Å². The van der Waals surface area contributed by atoms with E-state index in [1.807, 2.05) is 0 Å². The summed E-state index contributed by atoms with van der Waals surface area (Å²) in [6, 6.07) is 6.35. The van der Waals surface area contributed by atoms with Gasteiger partial charge < -0.3 is 0 Å². The van der Waals surface area contributed by atoms with E-state index in [-0.39, 0.29) is 0 Å². The topological polar surface area (TPSA) is 0 Å². The molecule has 78 valence electrons. The van der Waals surface area contributed by atoms with E-state index in [9.17, 15) is 0 Å². The lowest BCUT2D eigenvalue weighted by atomic mass is 10.00. The first-order valence-electron chi connectivity index (χ1n) is 5.44. The van der Waals surface area contributed by atoms with Gasteiger partial charge in [0.1, 0.15) is 0 Å². The Hall–Kier alpha value is -0.950. The molecule has 0 saturated carbocycles. The van der Waals surface area contributed by atoms with Crippen LogP contribution in [0.1, 0.15) is 30.4 Å². The van der Waals surface area contributed by atoms with Crippen LogP contribution in [0.25, 0.3) is 5.57 Å². The van der Waals surface area contributed by atoms with Crippen LogP contribution in [0.15, 0.2) is 41.3 Å². The van der Waals surface area contributed by atoms with Gasteiger partial charge in [0.05, 0.1) is 0 Å². The maximum absolute atomic E-state index is 4.35. The summed E-state index contributed by atoms with van der Waals surface area (Å²) in [4.78, 5) is 1.04. The van der Waals surface area contributed by atoms with Crippen LogP contribution in [0.5, 0.6) is 0 Å². The molecule has 1 aromatic rings. The van der Waals surface area contributed by atoms with Gasteiger partial charge in [-0.2, -0.15) is 0 Å². The van der Waals surface area contributed by atoms with Gasteiger partial charge in [0.2, 0.25) is 0 Å². The lowest BCUT2D eigenvalue weighted by molar-refractivity contribution is 0.876. The normalized spacial score (nSPS) is 16.0. The molecule has 15 heavy (non-hydrogen) atoms. The smallest absolute Gasteiger partial charge is 0.00430 e. The van der Waals surface area contributed by atoms with Gasteiger partial charge in [0.15, 0.2) is 0 Å². The minimum atomic E-state index is 1.04. The van der Waals surface area contributed by atoms with Crippen molar-refractivity contribution in [3.63, 3.8) is 0 Å². The zero-order valence-corrected chi connectivity index (χ0v) is 9.93. The van der Waals surface area contributed by atoms with Gasteiger partial charge in [0.25, 0.3) is 0 Å². The molecule has 0 bridgehead atoms. The SMILES string of the molecule is Cc1cc(S)ccc1C1=CCCCC=C1. The molecule has 0 heterocycles. The number of benzene rings is 1. The number of rotatable bonds is 1. The van der Waals surface area contributed by atoms with Crippen LogP contribution >= 0.6 is 12.6 Å². The lowest BCUT2D eigenvalue weighted by Crippen LogP contribution is -1.86. The van der Waals surface area contributed by atoms with Gasteiger partial charge in [-0.1, -0.05) is 24.3 Å². The molecule has 0 spiro atoms. The predicted molar refractivity (Wildman–Crippen MR) is 69.4 cm³/mol. The van der Waals surface area contributed by atoms with Crippen LogP contribution in [0.4, 0.5) is 0 Å². The highest BCUT2D eigenvalue weighted by Crippen LogP contribution is 2.25. The molecule has 0 saturated heterocycles. The van der Waals surface area contributed by atoms with Crippen LogP contribution in [0.2, 0.25) is 0 Å². The summed E-state index contributed by atoms with van der Waals surface area (Å²) in [6.07, 6.45) is 10.5. The summed E-state index contributed by atoms with van der Waals surface area (Å²) in [5.41, 5.74) is 4.00. The molecule has 0 fully saturated rings. The highest BCUT2D eigenvalue weighted by atomic mass is 32.1. The Morgan fingerprint density at radius 2 is 2.07 bits per heavy atom. The number of aryl methyl sites for hydroxylation is 1. The predicted octanol–water partition coefficient (Wildman–Crippen LogP) is 4.41. The standard InChI is InChI=1S/C14H16S/c1-11-10-13(15)8-9-14(11)12-6-4-2-3-5-7-12/h4,6-10,15H,2-3,5H2,1H3. The van der Waals surface area contributed by atoms with Crippen molar-refractivity contribution in [3.05, 3.63) is 47.6 Å². The van der Waals surface area contributed by atoms with Crippen molar-refractivity contribution >= 4 is 18.2 Å². The largest absolute Gasteiger partial charge is 0.143 e. The highest BCUT2D eigenvalue weighted by molar-refractivity contribution is 7.80. The third-order valence-corrected chi connectivity index (χ3v) is 3.04. The van der Waals surface area contributed by atoms with E-state index in [1.54, 1.807) is 0 Å². The Morgan fingerprint density at radius 1 is 1.20 bits per heavy atom. The average Bonchev–Trinajstić information content (AvgIpc) is 2.46. The first kappa shape index (κ1) is 10.6. The second-order valence-corrected chi connectivity index (χ2v) is 4.51. The molecule has 0 nitrogen and oxygen atoms in total. The van der Waals surface area contributed by atoms with Gasteiger partial charge in [-0.05, 0) is 55.0 Å². The van der Waals surface area contributed by atoms with Crippen LogP contribution in [-0.2, 0) is 0 Å². The fraction of sp³-hybridized carbons (Fsp3) is 0.286. The van der Waals surface area contributed by atoms with E-state index in [0.717, 1.165) is 4.90 Å². The van der Waals surface area contributed by atoms with E-state index in [4.69, 9.17) is 0 Å². The Labute approximate surface area is 97.1 Å². The molecule has 1 aliphatic carbocycles. The monoisotopic (exact) mass is 216 g/mol. The minimum Gasteiger partial charge on any atom is -0.143 e. The molecule has 1 aromatic carbocycles. The Balaban J connectivity index is 2.39. The zero-order valence-electron chi connectivity index (χ0n) is 9.03. The molecule has 0 amide bonds. The van der Waals surface area contributed by atoms with E-state index in [1.165, 1.54) is 36.0 Å². The molecule has 1 aliphatic rings. The summed E-state index contributed by atoms with van der Waals surface area (Å²) in [5, 5.41) is 0. The van der Waals surface area contributed by atoms with Crippen LogP contribution in [0, 0.1) is 6.92 Å². The molecule has 2 rings (SSSR count). The Kier molecular flexibility index (Phi) is 3.32. The second-order valence-electron chi connectivity index (χ2n) is 3.99. The van der Waals surface area contributed by atoms with Gasteiger partial charge >= 0.3 is 0 Å². The van der Waals surface area contributed by atoms with Crippen molar-refractivity contribution < 1.29 is 0 Å². The van der Waals surface area contributed by atoms with Crippen LogP contribution in [-0.4, -0.2) is 0 Å². The number of hydrogen-bond acceptors (Lipinski definition) is 1. The van der Waals surface area contributed by atoms with E-state index < -0.39 is 0 Å². The minimum absolute atomic E-state index is 1.04. The summed E-state index contributed by atoms with van der Waals surface area (Å²) >= 11 is 4.35. The van der Waals surface area contributed by atoms with E-state index >= 15 is 0 Å². The fourth-order valence-corrected chi connectivity index (χ4v) is 2.21. The maximum Gasteiger partial charge on any atom is 0.00430 e. The molecule has 0 radical (unpaired) electrons. The number of hydrogen-bond donors (Lipinski definition) is 1.